The van der Waals surface area contributed by atoms with E-state index in [1.54, 1.807) is 0 Å². The van der Waals surface area contributed by atoms with Gasteiger partial charge in [-0.2, -0.15) is 5.26 Å². The Morgan fingerprint density at radius 1 is 1.26 bits per heavy atom. The van der Waals surface area contributed by atoms with Crippen molar-refractivity contribution >= 4 is 0 Å². The van der Waals surface area contributed by atoms with Crippen LogP contribution in [-0.4, -0.2) is 65.2 Å². The van der Waals surface area contributed by atoms with Gasteiger partial charge < -0.3 is 5.11 Å². The third-order valence-electron chi connectivity index (χ3n) is 4.61. The Labute approximate surface area is 111 Å². The van der Waals surface area contributed by atoms with E-state index in [2.05, 4.69) is 11.0 Å². The molecule has 2 aliphatic heterocycles. The predicted molar refractivity (Wildman–Crippen MR) is 64.7 cm³/mol. The van der Waals surface area contributed by atoms with Crippen LogP contribution in [0.15, 0.2) is 0 Å². The fourth-order valence-corrected chi connectivity index (χ4v) is 3.70. The summed E-state index contributed by atoms with van der Waals surface area (Å²) in [6.07, 6.45) is 0.970. The molecule has 0 radical (unpaired) electrons. The largest absolute Gasteiger partial charge is 0.388 e. The first kappa shape index (κ1) is 13.2. The van der Waals surface area contributed by atoms with Crippen molar-refractivity contribution in [3.63, 3.8) is 0 Å². The molecular formula is C13H19F2N3O. The number of hydrogen-bond donors (Lipinski definition) is 1. The highest BCUT2D eigenvalue weighted by Crippen LogP contribution is 2.39. The van der Waals surface area contributed by atoms with Crippen LogP contribution >= 0.6 is 0 Å². The average molecular weight is 271 g/mol. The third kappa shape index (κ3) is 2.60. The molecule has 1 atom stereocenters. The molecule has 1 N–H and O–H groups in total. The van der Waals surface area contributed by atoms with Crippen LogP contribution in [0.2, 0.25) is 0 Å². The maximum absolute atomic E-state index is 13.3. The molecule has 3 aliphatic rings. The molecule has 0 amide bonds. The van der Waals surface area contributed by atoms with Gasteiger partial charge in [-0.05, 0) is 12.8 Å². The highest BCUT2D eigenvalue weighted by molar-refractivity contribution is 5.05. The molecule has 106 valence electrons. The minimum Gasteiger partial charge on any atom is -0.388 e. The van der Waals surface area contributed by atoms with Crippen LogP contribution in [-0.2, 0) is 0 Å². The number of halogens is 2. The monoisotopic (exact) mass is 271 g/mol. The van der Waals surface area contributed by atoms with Crippen LogP contribution < -0.4 is 0 Å². The quantitative estimate of drug-likeness (QED) is 0.802. The number of piperazine rings is 1. The van der Waals surface area contributed by atoms with Gasteiger partial charge >= 0.3 is 0 Å². The van der Waals surface area contributed by atoms with E-state index in [0.717, 1.165) is 6.54 Å². The SMILES string of the molecule is N#CC1CC(O)(CN2CCN3CC(F)(F)C[C@H]3C2)C1. The molecule has 0 aromatic carbocycles. The summed E-state index contributed by atoms with van der Waals surface area (Å²) >= 11 is 0. The summed E-state index contributed by atoms with van der Waals surface area (Å²) in [7, 11) is 0. The van der Waals surface area contributed by atoms with Gasteiger partial charge in [0.1, 0.15) is 0 Å². The van der Waals surface area contributed by atoms with Crippen LogP contribution in [0, 0.1) is 17.2 Å². The van der Waals surface area contributed by atoms with E-state index in [9.17, 15) is 13.9 Å². The van der Waals surface area contributed by atoms with E-state index < -0.39 is 11.5 Å². The summed E-state index contributed by atoms with van der Waals surface area (Å²) in [6.45, 7) is 2.38. The summed E-state index contributed by atoms with van der Waals surface area (Å²) < 4.78 is 26.7. The normalized spacial score (nSPS) is 42.4. The van der Waals surface area contributed by atoms with Crippen molar-refractivity contribution in [2.45, 2.75) is 36.8 Å². The second kappa shape index (κ2) is 4.37. The minimum atomic E-state index is -2.56. The van der Waals surface area contributed by atoms with Crippen LogP contribution in [0.1, 0.15) is 19.3 Å². The molecule has 0 aromatic rings. The zero-order valence-electron chi connectivity index (χ0n) is 10.9. The predicted octanol–water partition coefficient (Wildman–Crippen LogP) is 0.676. The Kier molecular flexibility index (Phi) is 3.04. The molecule has 3 rings (SSSR count). The smallest absolute Gasteiger partial charge is 0.262 e. The number of alkyl halides is 2. The van der Waals surface area contributed by atoms with Gasteiger partial charge in [0, 0.05) is 38.6 Å². The first-order chi connectivity index (χ1) is 8.89. The van der Waals surface area contributed by atoms with Gasteiger partial charge in [0.15, 0.2) is 0 Å². The number of fused-ring (bicyclic) bond motifs is 1. The topological polar surface area (TPSA) is 50.5 Å². The van der Waals surface area contributed by atoms with Gasteiger partial charge in [-0.25, -0.2) is 8.78 Å². The Hall–Kier alpha value is -0.770. The number of aliphatic hydroxyl groups is 1. The Balaban J connectivity index is 1.54. The molecule has 0 aromatic heterocycles. The van der Waals surface area contributed by atoms with Crippen molar-refractivity contribution in [3.8, 4) is 6.07 Å². The Morgan fingerprint density at radius 2 is 2.00 bits per heavy atom. The molecule has 0 bridgehead atoms. The van der Waals surface area contributed by atoms with Crippen molar-refractivity contribution in [2.75, 3.05) is 32.7 Å². The maximum Gasteiger partial charge on any atom is 0.262 e. The van der Waals surface area contributed by atoms with Crippen molar-refractivity contribution in [1.82, 2.24) is 9.80 Å². The van der Waals surface area contributed by atoms with E-state index in [1.807, 2.05) is 4.90 Å². The minimum absolute atomic E-state index is 0.0397. The van der Waals surface area contributed by atoms with Crippen LogP contribution in [0.3, 0.4) is 0 Å². The zero-order valence-corrected chi connectivity index (χ0v) is 10.9. The molecule has 3 fully saturated rings. The molecule has 2 saturated heterocycles. The molecular weight excluding hydrogens is 252 g/mol. The summed E-state index contributed by atoms with van der Waals surface area (Å²) in [6, 6.07) is 2.07. The first-order valence-corrected chi connectivity index (χ1v) is 6.85. The van der Waals surface area contributed by atoms with Crippen LogP contribution in [0.5, 0.6) is 0 Å². The fourth-order valence-electron chi connectivity index (χ4n) is 3.70. The highest BCUT2D eigenvalue weighted by atomic mass is 19.3. The van der Waals surface area contributed by atoms with E-state index in [0.29, 0.717) is 32.5 Å². The van der Waals surface area contributed by atoms with E-state index >= 15 is 0 Å². The highest BCUT2D eigenvalue weighted by Gasteiger charge is 2.49. The molecule has 4 nitrogen and oxygen atoms in total. The first-order valence-electron chi connectivity index (χ1n) is 6.85. The van der Waals surface area contributed by atoms with Gasteiger partial charge in [-0.15, -0.1) is 0 Å². The second-order valence-electron chi connectivity index (χ2n) is 6.38. The summed E-state index contributed by atoms with van der Waals surface area (Å²) in [5.41, 5.74) is -0.774. The number of nitriles is 1. The lowest BCUT2D eigenvalue weighted by Gasteiger charge is -2.46. The fraction of sp³-hybridized carbons (Fsp3) is 0.923. The number of hydrogen-bond acceptors (Lipinski definition) is 4. The van der Waals surface area contributed by atoms with Crippen molar-refractivity contribution in [2.24, 2.45) is 5.92 Å². The van der Waals surface area contributed by atoms with E-state index in [-0.39, 0.29) is 24.9 Å². The molecule has 1 aliphatic carbocycles. The molecule has 0 spiro atoms. The summed E-state index contributed by atoms with van der Waals surface area (Å²) in [4.78, 5) is 3.94. The zero-order chi connectivity index (χ0) is 13.7. The van der Waals surface area contributed by atoms with Gasteiger partial charge in [-0.3, -0.25) is 9.80 Å². The molecule has 0 unspecified atom stereocenters. The lowest BCUT2D eigenvalue weighted by molar-refractivity contribution is -0.0870. The number of rotatable bonds is 2. The molecule has 19 heavy (non-hydrogen) atoms. The van der Waals surface area contributed by atoms with Crippen molar-refractivity contribution in [3.05, 3.63) is 0 Å². The maximum atomic E-state index is 13.3. The van der Waals surface area contributed by atoms with E-state index in [1.165, 1.54) is 0 Å². The van der Waals surface area contributed by atoms with Crippen LogP contribution in [0.4, 0.5) is 8.78 Å². The van der Waals surface area contributed by atoms with Gasteiger partial charge in [0.2, 0.25) is 0 Å². The van der Waals surface area contributed by atoms with Crippen LogP contribution in [0.25, 0.3) is 0 Å². The van der Waals surface area contributed by atoms with E-state index in [4.69, 9.17) is 5.26 Å². The van der Waals surface area contributed by atoms with Gasteiger partial charge in [0.05, 0.1) is 24.1 Å². The Bertz CT molecular complexity index is 403. The summed E-state index contributed by atoms with van der Waals surface area (Å²) in [5.74, 6) is -2.60. The standard InChI is InChI=1S/C13H19F2N3O/c14-13(15)5-11-7-17(1-2-18(11)9-13)8-12(19)3-10(4-12)6-16/h10-11,19H,1-5,7-9H2/t10?,11-,12?/m0/s1. The molecule has 2 heterocycles. The lowest BCUT2D eigenvalue weighted by Crippen LogP contribution is -2.57. The van der Waals surface area contributed by atoms with Gasteiger partial charge in [-0.1, -0.05) is 0 Å². The molecule has 6 heteroatoms. The number of β-amino-alcohol motifs (C(OH)–C–C–N with tert-alkyl or cyclic N) is 1. The van der Waals surface area contributed by atoms with Crippen molar-refractivity contribution < 1.29 is 13.9 Å². The lowest BCUT2D eigenvalue weighted by atomic mass is 9.71. The Morgan fingerprint density at radius 3 is 2.68 bits per heavy atom. The van der Waals surface area contributed by atoms with Crippen molar-refractivity contribution in [1.29, 1.82) is 5.26 Å². The average Bonchev–Trinajstić information content (AvgIpc) is 2.58. The van der Waals surface area contributed by atoms with Gasteiger partial charge in [0.25, 0.3) is 5.92 Å². The molecule has 1 saturated carbocycles. The second-order valence-corrected chi connectivity index (χ2v) is 6.38. The summed E-state index contributed by atoms with van der Waals surface area (Å²) in [5, 5.41) is 19.0. The third-order valence-corrected chi connectivity index (χ3v) is 4.61. The number of nitrogens with zero attached hydrogens (tertiary/aromatic N) is 3.